The third kappa shape index (κ3) is 3.36. The predicted molar refractivity (Wildman–Crippen MR) is 111 cm³/mol. The van der Waals surface area contributed by atoms with Crippen molar-refractivity contribution in [2.24, 2.45) is 0 Å². The summed E-state index contributed by atoms with van der Waals surface area (Å²) in [5.41, 5.74) is 3.52. The number of dihydropyridines is 1. The van der Waals surface area contributed by atoms with E-state index in [4.69, 9.17) is 10.00 Å². The van der Waals surface area contributed by atoms with E-state index in [1.54, 1.807) is 31.2 Å². The van der Waals surface area contributed by atoms with Gasteiger partial charge < -0.3 is 10.1 Å². The number of nitrogens with zero attached hydrogens (tertiary/aromatic N) is 2. The molecule has 0 spiro atoms. The standard InChI is InChI=1S/C23H17N3O5/c1-13-18(23(28)31-12-4-11-24)19(14-7-9-15(10-8-14)26(29)30)20-21(25-13)16-5-2-3-6-17(16)22(20)27/h2-3,5-10,19,25H,4,12H2,1H3/t19-/m1/s1. The number of nitriles is 1. The molecule has 0 fully saturated rings. The van der Waals surface area contributed by atoms with Gasteiger partial charge in [-0.1, -0.05) is 36.4 Å². The second-order valence-corrected chi connectivity index (χ2v) is 7.15. The van der Waals surface area contributed by atoms with Crippen LogP contribution in [0.1, 0.15) is 40.7 Å². The van der Waals surface area contributed by atoms with Crippen LogP contribution in [-0.2, 0) is 9.53 Å². The number of allylic oxidation sites excluding steroid dienone is 2. The minimum atomic E-state index is -0.758. The monoisotopic (exact) mass is 415 g/mol. The number of fused-ring (bicyclic) bond motifs is 2. The van der Waals surface area contributed by atoms with Crippen LogP contribution in [0.15, 0.2) is 65.4 Å². The minimum Gasteiger partial charge on any atom is -0.461 e. The van der Waals surface area contributed by atoms with Gasteiger partial charge in [0.05, 0.1) is 28.7 Å². The van der Waals surface area contributed by atoms with E-state index in [-0.39, 0.29) is 30.1 Å². The first-order valence-corrected chi connectivity index (χ1v) is 9.58. The summed E-state index contributed by atoms with van der Waals surface area (Å²) in [5, 5.41) is 23.0. The van der Waals surface area contributed by atoms with E-state index in [9.17, 15) is 19.7 Å². The van der Waals surface area contributed by atoms with Crippen molar-refractivity contribution >= 4 is 23.1 Å². The van der Waals surface area contributed by atoms with Crippen molar-refractivity contribution in [1.82, 2.24) is 5.32 Å². The first-order valence-electron chi connectivity index (χ1n) is 9.58. The number of hydrogen-bond donors (Lipinski definition) is 1. The molecule has 154 valence electrons. The van der Waals surface area contributed by atoms with Crippen LogP contribution < -0.4 is 5.32 Å². The molecule has 8 nitrogen and oxygen atoms in total. The van der Waals surface area contributed by atoms with Crippen LogP contribution in [0.25, 0.3) is 5.70 Å². The Bertz CT molecular complexity index is 1220. The van der Waals surface area contributed by atoms with E-state index in [0.29, 0.717) is 28.1 Å². The summed E-state index contributed by atoms with van der Waals surface area (Å²) in [7, 11) is 0. The molecule has 31 heavy (non-hydrogen) atoms. The van der Waals surface area contributed by atoms with Crippen LogP contribution in [0, 0.1) is 21.4 Å². The number of esters is 1. The number of nitro groups is 1. The van der Waals surface area contributed by atoms with Gasteiger partial charge in [-0.2, -0.15) is 5.26 Å². The van der Waals surface area contributed by atoms with Crippen LogP contribution >= 0.6 is 0 Å². The number of ether oxygens (including phenoxy) is 1. The predicted octanol–water partition coefficient (Wildman–Crippen LogP) is 3.62. The normalized spacial score (nSPS) is 16.9. The highest BCUT2D eigenvalue weighted by Crippen LogP contribution is 2.46. The van der Waals surface area contributed by atoms with Crippen molar-refractivity contribution in [2.45, 2.75) is 19.3 Å². The molecule has 0 amide bonds. The number of ketones is 1. The molecule has 4 rings (SSSR count). The Kier molecular flexibility index (Phi) is 5.09. The topological polar surface area (TPSA) is 122 Å². The van der Waals surface area contributed by atoms with Crippen LogP contribution in [0.5, 0.6) is 0 Å². The fourth-order valence-electron chi connectivity index (χ4n) is 3.99. The van der Waals surface area contributed by atoms with Gasteiger partial charge in [-0.15, -0.1) is 0 Å². The van der Waals surface area contributed by atoms with E-state index in [1.807, 2.05) is 18.2 Å². The minimum absolute atomic E-state index is 0.0476. The van der Waals surface area contributed by atoms with Gasteiger partial charge in [0.25, 0.3) is 5.69 Å². The van der Waals surface area contributed by atoms with Gasteiger partial charge in [0, 0.05) is 40.4 Å². The number of non-ortho nitro benzene ring substituents is 1. The Morgan fingerprint density at radius 3 is 2.52 bits per heavy atom. The fourth-order valence-corrected chi connectivity index (χ4v) is 3.99. The molecule has 0 radical (unpaired) electrons. The lowest BCUT2D eigenvalue weighted by Gasteiger charge is -2.29. The maximum Gasteiger partial charge on any atom is 0.336 e. The zero-order valence-electron chi connectivity index (χ0n) is 16.5. The Hall–Kier alpha value is -4.25. The van der Waals surface area contributed by atoms with Crippen molar-refractivity contribution in [2.75, 3.05) is 6.61 Å². The molecule has 0 aromatic heterocycles. The number of Topliss-reactive ketones (excluding diaryl/α,β-unsaturated/α-hetero) is 1. The molecule has 0 unspecified atom stereocenters. The third-order valence-corrected chi connectivity index (χ3v) is 5.35. The molecule has 2 aliphatic rings. The average molecular weight is 415 g/mol. The van der Waals surface area contributed by atoms with E-state index < -0.39 is 16.8 Å². The summed E-state index contributed by atoms with van der Waals surface area (Å²) in [4.78, 5) is 36.8. The molecular weight excluding hydrogens is 398 g/mol. The lowest BCUT2D eigenvalue weighted by atomic mass is 9.80. The zero-order valence-corrected chi connectivity index (χ0v) is 16.5. The summed E-state index contributed by atoms with van der Waals surface area (Å²) in [6.45, 7) is 1.65. The molecule has 0 bridgehead atoms. The number of benzene rings is 2. The number of nitrogens with one attached hydrogen (secondary N) is 1. The van der Waals surface area contributed by atoms with E-state index in [1.165, 1.54) is 12.1 Å². The Morgan fingerprint density at radius 2 is 1.87 bits per heavy atom. The molecule has 1 aliphatic carbocycles. The number of rotatable bonds is 5. The first kappa shape index (κ1) is 20.0. The summed E-state index contributed by atoms with van der Waals surface area (Å²) < 4.78 is 5.27. The Balaban J connectivity index is 1.84. The summed E-state index contributed by atoms with van der Waals surface area (Å²) in [6.07, 6.45) is 0.0476. The molecule has 0 saturated heterocycles. The first-order chi connectivity index (χ1) is 14.9. The van der Waals surface area contributed by atoms with E-state index in [2.05, 4.69) is 5.32 Å². The maximum atomic E-state index is 13.3. The van der Waals surface area contributed by atoms with Crippen LogP contribution in [0.2, 0.25) is 0 Å². The molecule has 1 N–H and O–H groups in total. The van der Waals surface area contributed by atoms with E-state index >= 15 is 0 Å². The molecule has 1 aliphatic heterocycles. The second kappa shape index (κ2) is 7.88. The zero-order chi connectivity index (χ0) is 22.1. The van der Waals surface area contributed by atoms with Gasteiger partial charge >= 0.3 is 5.97 Å². The molecule has 0 saturated carbocycles. The van der Waals surface area contributed by atoms with Gasteiger partial charge in [0.15, 0.2) is 5.78 Å². The second-order valence-electron chi connectivity index (χ2n) is 7.15. The van der Waals surface area contributed by atoms with Crippen molar-refractivity contribution < 1.29 is 19.2 Å². The lowest BCUT2D eigenvalue weighted by Crippen LogP contribution is -2.29. The van der Waals surface area contributed by atoms with Crippen LogP contribution in [0.4, 0.5) is 5.69 Å². The molecule has 2 aromatic carbocycles. The highest BCUT2D eigenvalue weighted by Gasteiger charge is 2.42. The fraction of sp³-hybridized carbons (Fsp3) is 0.174. The molecule has 1 atom stereocenters. The van der Waals surface area contributed by atoms with Crippen molar-refractivity contribution in [3.05, 3.63) is 92.2 Å². The highest BCUT2D eigenvalue weighted by atomic mass is 16.6. The van der Waals surface area contributed by atoms with Crippen molar-refractivity contribution in [3.8, 4) is 6.07 Å². The smallest absolute Gasteiger partial charge is 0.336 e. The van der Waals surface area contributed by atoms with Crippen LogP contribution in [0.3, 0.4) is 0 Å². The number of hydrogen-bond acceptors (Lipinski definition) is 7. The lowest BCUT2D eigenvalue weighted by molar-refractivity contribution is -0.384. The number of nitro benzene ring substituents is 1. The summed E-state index contributed by atoms with van der Waals surface area (Å²) in [5.74, 6) is -1.61. The maximum absolute atomic E-state index is 13.3. The quantitative estimate of drug-likeness (QED) is 0.342. The van der Waals surface area contributed by atoms with Crippen molar-refractivity contribution in [1.29, 1.82) is 5.26 Å². The van der Waals surface area contributed by atoms with Crippen LogP contribution in [-0.4, -0.2) is 23.3 Å². The molecule has 1 heterocycles. The summed E-state index contributed by atoms with van der Waals surface area (Å²) >= 11 is 0. The Labute approximate surface area is 177 Å². The van der Waals surface area contributed by atoms with Crippen molar-refractivity contribution in [3.63, 3.8) is 0 Å². The number of carbonyl (C=O) groups excluding carboxylic acids is 2. The SMILES string of the molecule is CC1=C(C(=O)OCCC#N)[C@@H](c2ccc([N+](=O)[O-])cc2)C2=C(N1)c1ccccc1C2=O. The van der Waals surface area contributed by atoms with Gasteiger partial charge in [-0.25, -0.2) is 4.79 Å². The molecule has 2 aromatic rings. The van der Waals surface area contributed by atoms with E-state index in [0.717, 1.165) is 5.56 Å². The number of carbonyl (C=O) groups is 2. The highest BCUT2D eigenvalue weighted by molar-refractivity contribution is 6.23. The molecule has 8 heteroatoms. The van der Waals surface area contributed by atoms with Gasteiger partial charge in [-0.05, 0) is 12.5 Å². The van der Waals surface area contributed by atoms with Gasteiger partial charge in [0.2, 0.25) is 0 Å². The molecular formula is C23H17N3O5. The summed E-state index contributed by atoms with van der Waals surface area (Å²) in [6, 6.07) is 14.9. The van der Waals surface area contributed by atoms with Gasteiger partial charge in [-0.3, -0.25) is 14.9 Å². The van der Waals surface area contributed by atoms with Gasteiger partial charge in [0.1, 0.15) is 6.61 Å². The largest absolute Gasteiger partial charge is 0.461 e. The third-order valence-electron chi connectivity index (χ3n) is 5.35. The Morgan fingerprint density at radius 1 is 1.19 bits per heavy atom. The average Bonchev–Trinajstić information content (AvgIpc) is 3.05.